The summed E-state index contributed by atoms with van der Waals surface area (Å²) in [4.78, 5) is 33.6. The van der Waals surface area contributed by atoms with Crippen LogP contribution in [0.1, 0.15) is 27.2 Å². The van der Waals surface area contributed by atoms with Crippen LogP contribution in [0.15, 0.2) is 0 Å². The lowest BCUT2D eigenvalue weighted by Gasteiger charge is -2.19. The number of nitrogens with two attached hydrogens (primary N) is 1. The third-order valence-corrected chi connectivity index (χ3v) is 2.28. The zero-order chi connectivity index (χ0) is 14.3. The zero-order valence-corrected chi connectivity index (χ0v) is 10.9. The third-order valence-electron chi connectivity index (χ3n) is 2.28. The zero-order valence-electron chi connectivity index (χ0n) is 10.9. The summed E-state index contributed by atoms with van der Waals surface area (Å²) in [6.45, 7) is 4.98. The fraction of sp³-hybridized carbons (Fsp3) is 0.727. The third kappa shape index (κ3) is 6.19. The monoisotopic (exact) mass is 259 g/mol. The van der Waals surface area contributed by atoms with Gasteiger partial charge in [0.05, 0.1) is 6.54 Å². The molecular weight excluding hydrogens is 238 g/mol. The van der Waals surface area contributed by atoms with E-state index >= 15 is 0 Å². The summed E-state index contributed by atoms with van der Waals surface area (Å²) in [5.74, 6) is -1.95. The number of hydrogen-bond donors (Lipinski definition) is 4. The van der Waals surface area contributed by atoms with E-state index in [1.807, 2.05) is 13.8 Å². The summed E-state index contributed by atoms with van der Waals surface area (Å²) >= 11 is 0. The van der Waals surface area contributed by atoms with Crippen LogP contribution >= 0.6 is 0 Å². The van der Waals surface area contributed by atoms with Crippen molar-refractivity contribution in [2.45, 2.75) is 39.3 Å². The highest BCUT2D eigenvalue weighted by Gasteiger charge is 2.24. The van der Waals surface area contributed by atoms with Crippen LogP contribution in [-0.2, 0) is 14.4 Å². The number of carboxylic acid groups (broad SMARTS) is 1. The van der Waals surface area contributed by atoms with Gasteiger partial charge in [0.25, 0.3) is 0 Å². The molecule has 0 saturated carbocycles. The van der Waals surface area contributed by atoms with E-state index in [1.54, 1.807) is 0 Å². The average Bonchev–Trinajstić information content (AvgIpc) is 2.26. The lowest BCUT2D eigenvalue weighted by atomic mass is 10.0. The Labute approximate surface area is 106 Å². The van der Waals surface area contributed by atoms with E-state index in [0.717, 1.165) is 0 Å². The molecule has 5 N–H and O–H groups in total. The van der Waals surface area contributed by atoms with Gasteiger partial charge in [-0.2, -0.15) is 0 Å². The predicted molar refractivity (Wildman–Crippen MR) is 65.7 cm³/mol. The van der Waals surface area contributed by atoms with Crippen molar-refractivity contribution in [3.63, 3.8) is 0 Å². The number of amides is 2. The van der Waals surface area contributed by atoms with E-state index in [4.69, 9.17) is 10.8 Å². The molecular formula is C11H21N3O4. The molecule has 0 aliphatic rings. The highest BCUT2D eigenvalue weighted by molar-refractivity contribution is 5.90. The van der Waals surface area contributed by atoms with Gasteiger partial charge in [0.15, 0.2) is 0 Å². The second-order valence-corrected chi connectivity index (χ2v) is 4.52. The maximum atomic E-state index is 11.7. The topological polar surface area (TPSA) is 122 Å². The summed E-state index contributed by atoms with van der Waals surface area (Å²) in [7, 11) is 0. The van der Waals surface area contributed by atoms with Crippen molar-refractivity contribution < 1.29 is 19.5 Å². The minimum absolute atomic E-state index is 0.139. The maximum Gasteiger partial charge on any atom is 0.326 e. The van der Waals surface area contributed by atoms with Gasteiger partial charge in [0.2, 0.25) is 11.8 Å². The number of carbonyl (C=O) groups is 3. The fourth-order valence-corrected chi connectivity index (χ4v) is 1.36. The van der Waals surface area contributed by atoms with Crippen molar-refractivity contribution in [2.75, 3.05) is 6.54 Å². The molecule has 0 saturated heterocycles. The molecule has 7 nitrogen and oxygen atoms in total. The van der Waals surface area contributed by atoms with Crippen molar-refractivity contribution in [3.8, 4) is 0 Å². The molecule has 104 valence electrons. The lowest BCUT2D eigenvalue weighted by molar-refractivity contribution is -0.142. The molecule has 0 aromatic carbocycles. The molecule has 0 aliphatic heterocycles. The molecule has 0 heterocycles. The number of nitrogens with one attached hydrogen (secondary N) is 2. The summed E-state index contributed by atoms with van der Waals surface area (Å²) in [5.41, 5.74) is 5.10. The molecule has 0 aromatic rings. The van der Waals surface area contributed by atoms with E-state index in [1.165, 1.54) is 6.92 Å². The number of rotatable bonds is 7. The van der Waals surface area contributed by atoms with Crippen LogP contribution in [0.3, 0.4) is 0 Å². The molecule has 2 amide bonds. The van der Waals surface area contributed by atoms with Gasteiger partial charge in [-0.15, -0.1) is 0 Å². The number of carboxylic acids is 1. The molecule has 0 spiro atoms. The molecule has 0 unspecified atom stereocenters. The second kappa shape index (κ2) is 7.65. The van der Waals surface area contributed by atoms with Crippen molar-refractivity contribution in [3.05, 3.63) is 0 Å². The van der Waals surface area contributed by atoms with E-state index < -0.39 is 29.9 Å². The number of carbonyl (C=O) groups excluding carboxylic acids is 2. The molecule has 0 radical (unpaired) electrons. The van der Waals surface area contributed by atoms with Gasteiger partial charge in [0.1, 0.15) is 12.1 Å². The average molecular weight is 259 g/mol. The first kappa shape index (κ1) is 16.4. The van der Waals surface area contributed by atoms with Crippen LogP contribution in [-0.4, -0.2) is 41.5 Å². The lowest BCUT2D eigenvalue weighted by Crippen LogP contribution is -2.51. The van der Waals surface area contributed by atoms with Gasteiger partial charge in [0, 0.05) is 0 Å². The molecule has 0 bridgehead atoms. The van der Waals surface area contributed by atoms with Crippen LogP contribution in [0.2, 0.25) is 0 Å². The van der Waals surface area contributed by atoms with Crippen LogP contribution < -0.4 is 16.4 Å². The summed E-state index contributed by atoms with van der Waals surface area (Å²) < 4.78 is 0. The Morgan fingerprint density at radius 1 is 1.17 bits per heavy atom. The predicted octanol–water partition coefficient (Wildman–Crippen LogP) is -0.935. The van der Waals surface area contributed by atoms with Gasteiger partial charge >= 0.3 is 5.97 Å². The van der Waals surface area contributed by atoms with Gasteiger partial charge in [-0.05, 0) is 19.3 Å². The second-order valence-electron chi connectivity index (χ2n) is 4.52. The quantitative estimate of drug-likeness (QED) is 0.470. The highest BCUT2D eigenvalue weighted by atomic mass is 16.4. The highest BCUT2D eigenvalue weighted by Crippen LogP contribution is 2.05. The van der Waals surface area contributed by atoms with Crippen molar-refractivity contribution in [1.82, 2.24) is 10.6 Å². The molecule has 7 heteroatoms. The minimum Gasteiger partial charge on any atom is -0.480 e. The Hall–Kier alpha value is -1.63. The van der Waals surface area contributed by atoms with Gasteiger partial charge in [-0.3, -0.25) is 9.59 Å². The summed E-state index contributed by atoms with van der Waals surface area (Å²) in [5, 5.41) is 13.7. The molecule has 18 heavy (non-hydrogen) atoms. The van der Waals surface area contributed by atoms with Crippen molar-refractivity contribution in [1.29, 1.82) is 0 Å². The fourth-order valence-electron chi connectivity index (χ4n) is 1.36. The SMILES string of the molecule is CC(C)C[C@H](NC(=O)[C@@H](C)NC(=O)CN)C(=O)O. The molecule has 0 aromatic heterocycles. The van der Waals surface area contributed by atoms with Gasteiger partial charge < -0.3 is 21.5 Å². The molecule has 0 aliphatic carbocycles. The van der Waals surface area contributed by atoms with E-state index in [2.05, 4.69) is 10.6 Å². The van der Waals surface area contributed by atoms with Crippen molar-refractivity contribution in [2.24, 2.45) is 11.7 Å². The Morgan fingerprint density at radius 2 is 1.72 bits per heavy atom. The molecule has 2 atom stereocenters. The minimum atomic E-state index is -1.09. The van der Waals surface area contributed by atoms with Gasteiger partial charge in [-0.1, -0.05) is 13.8 Å². The number of aliphatic carboxylic acids is 1. The molecule has 0 fully saturated rings. The first-order chi connectivity index (χ1) is 8.27. The Morgan fingerprint density at radius 3 is 2.11 bits per heavy atom. The summed E-state index contributed by atoms with van der Waals surface area (Å²) in [6, 6.07) is -1.76. The van der Waals surface area contributed by atoms with E-state index in [-0.39, 0.29) is 12.5 Å². The van der Waals surface area contributed by atoms with E-state index in [0.29, 0.717) is 6.42 Å². The Kier molecular flexibility index (Phi) is 6.96. The van der Waals surface area contributed by atoms with E-state index in [9.17, 15) is 14.4 Å². The normalized spacial score (nSPS) is 13.8. The Bertz CT molecular complexity index is 317. The van der Waals surface area contributed by atoms with Crippen molar-refractivity contribution >= 4 is 17.8 Å². The van der Waals surface area contributed by atoms with Crippen LogP contribution in [0, 0.1) is 5.92 Å². The maximum absolute atomic E-state index is 11.7. The summed E-state index contributed by atoms with van der Waals surface area (Å²) in [6.07, 6.45) is 0.332. The van der Waals surface area contributed by atoms with Crippen LogP contribution in [0.4, 0.5) is 0 Å². The van der Waals surface area contributed by atoms with Crippen LogP contribution in [0.25, 0.3) is 0 Å². The largest absolute Gasteiger partial charge is 0.480 e. The standard InChI is InChI=1S/C11H21N3O4/c1-6(2)4-8(11(17)18)14-10(16)7(3)13-9(15)5-12/h6-8H,4-5,12H2,1-3H3,(H,13,15)(H,14,16)(H,17,18)/t7-,8+/m1/s1. The Balaban J connectivity index is 4.41. The molecule has 0 rings (SSSR count). The first-order valence-corrected chi connectivity index (χ1v) is 5.80. The first-order valence-electron chi connectivity index (χ1n) is 5.80. The smallest absolute Gasteiger partial charge is 0.326 e. The van der Waals surface area contributed by atoms with Crippen LogP contribution in [0.5, 0.6) is 0 Å². The van der Waals surface area contributed by atoms with Gasteiger partial charge in [-0.25, -0.2) is 4.79 Å². The number of hydrogen-bond acceptors (Lipinski definition) is 4.